The number of amides is 1. The van der Waals surface area contributed by atoms with Gasteiger partial charge in [-0.25, -0.2) is 13.1 Å². The molecule has 1 aromatic carbocycles. The lowest BCUT2D eigenvalue weighted by Gasteiger charge is -2.37. The Kier molecular flexibility index (Phi) is 6.26. The van der Waals surface area contributed by atoms with Gasteiger partial charge in [0.15, 0.2) is 6.10 Å². The van der Waals surface area contributed by atoms with Gasteiger partial charge in [0.05, 0.1) is 29.7 Å². The molecule has 29 heavy (non-hydrogen) atoms. The van der Waals surface area contributed by atoms with Crippen LogP contribution in [0.15, 0.2) is 24.5 Å². The topological polar surface area (TPSA) is 137 Å². The number of hydrogen-bond donors (Lipinski definition) is 2. The van der Waals surface area contributed by atoms with Crippen molar-refractivity contribution in [3.8, 4) is 6.07 Å². The molecular weight excluding hydrogens is 396 g/mol. The van der Waals surface area contributed by atoms with E-state index in [1.54, 1.807) is 18.3 Å². The van der Waals surface area contributed by atoms with Crippen molar-refractivity contribution in [3.05, 3.63) is 30.1 Å². The van der Waals surface area contributed by atoms with Gasteiger partial charge in [0, 0.05) is 25.5 Å². The lowest BCUT2D eigenvalue weighted by molar-refractivity contribution is -0.137. The lowest BCUT2D eigenvalue weighted by atomic mass is 10.1. The maximum atomic E-state index is 12.5. The predicted octanol–water partition coefficient (Wildman–Crippen LogP) is -0.239. The average Bonchev–Trinajstić information content (AvgIpc) is 2.72. The SMILES string of the molecule is CNS(=O)(=O)CCNC(=O)[C@H]1CN(c2ccc(C#N)c3nccnc23)C[C@@H](C)O1. The highest BCUT2D eigenvalue weighted by molar-refractivity contribution is 7.89. The highest BCUT2D eigenvalue weighted by Gasteiger charge is 2.31. The minimum absolute atomic E-state index is 0.0124. The molecule has 3 rings (SSSR count). The fourth-order valence-electron chi connectivity index (χ4n) is 3.21. The second-order valence-corrected chi connectivity index (χ2v) is 8.70. The summed E-state index contributed by atoms with van der Waals surface area (Å²) in [4.78, 5) is 23.1. The van der Waals surface area contributed by atoms with Gasteiger partial charge in [-0.2, -0.15) is 5.26 Å². The van der Waals surface area contributed by atoms with Crippen LogP contribution in [0.4, 0.5) is 5.69 Å². The zero-order chi connectivity index (χ0) is 21.0. The quantitative estimate of drug-likeness (QED) is 0.656. The van der Waals surface area contributed by atoms with Crippen molar-refractivity contribution in [2.45, 2.75) is 19.1 Å². The third-order valence-corrected chi connectivity index (χ3v) is 5.96. The third-order valence-electron chi connectivity index (χ3n) is 4.60. The largest absolute Gasteiger partial charge is 0.364 e. The lowest BCUT2D eigenvalue weighted by Crippen LogP contribution is -2.53. The van der Waals surface area contributed by atoms with Gasteiger partial charge in [0.25, 0.3) is 5.91 Å². The summed E-state index contributed by atoms with van der Waals surface area (Å²) in [7, 11) is -2.07. The number of rotatable bonds is 6. The Balaban J connectivity index is 1.78. The summed E-state index contributed by atoms with van der Waals surface area (Å²) in [5.74, 6) is -0.589. The number of carbonyl (C=O) groups is 1. The number of benzene rings is 1. The van der Waals surface area contributed by atoms with E-state index in [2.05, 4.69) is 26.1 Å². The highest BCUT2D eigenvalue weighted by atomic mass is 32.2. The van der Waals surface area contributed by atoms with E-state index in [0.717, 1.165) is 5.69 Å². The average molecular weight is 418 g/mol. The Morgan fingerprint density at radius 1 is 1.31 bits per heavy atom. The Labute approximate surface area is 168 Å². The van der Waals surface area contributed by atoms with Gasteiger partial charge in [-0.1, -0.05) is 0 Å². The van der Waals surface area contributed by atoms with Gasteiger partial charge < -0.3 is 15.0 Å². The van der Waals surface area contributed by atoms with Crippen molar-refractivity contribution in [2.75, 3.05) is 37.3 Å². The molecule has 0 aliphatic carbocycles. The van der Waals surface area contributed by atoms with Gasteiger partial charge in [0.1, 0.15) is 17.1 Å². The van der Waals surface area contributed by atoms with E-state index in [-0.39, 0.29) is 30.9 Å². The monoisotopic (exact) mass is 418 g/mol. The van der Waals surface area contributed by atoms with E-state index in [1.807, 2.05) is 11.8 Å². The number of nitrogens with one attached hydrogen (secondary N) is 2. The van der Waals surface area contributed by atoms with Crippen LogP contribution in [0.2, 0.25) is 0 Å². The van der Waals surface area contributed by atoms with Crippen molar-refractivity contribution in [3.63, 3.8) is 0 Å². The number of hydrogen-bond acceptors (Lipinski definition) is 8. The van der Waals surface area contributed by atoms with Crippen LogP contribution in [-0.4, -0.2) is 68.9 Å². The first-order chi connectivity index (χ1) is 13.8. The molecule has 1 saturated heterocycles. The number of nitriles is 1. The summed E-state index contributed by atoms with van der Waals surface area (Å²) in [5, 5.41) is 11.9. The van der Waals surface area contributed by atoms with Gasteiger partial charge in [0.2, 0.25) is 10.0 Å². The molecule has 0 unspecified atom stereocenters. The maximum Gasteiger partial charge on any atom is 0.251 e. The molecular formula is C18H22N6O4S. The number of fused-ring (bicyclic) bond motifs is 1. The molecule has 154 valence electrons. The van der Waals surface area contributed by atoms with E-state index < -0.39 is 16.1 Å². The Morgan fingerprint density at radius 3 is 2.72 bits per heavy atom. The molecule has 1 amide bonds. The van der Waals surface area contributed by atoms with Crippen molar-refractivity contribution in [2.24, 2.45) is 0 Å². The third kappa shape index (κ3) is 4.79. The van der Waals surface area contributed by atoms with Gasteiger partial charge in [-0.3, -0.25) is 14.8 Å². The summed E-state index contributed by atoms with van der Waals surface area (Å²) in [6.07, 6.45) is 2.09. The van der Waals surface area contributed by atoms with Crippen LogP contribution in [0.5, 0.6) is 0 Å². The molecule has 2 aromatic rings. The van der Waals surface area contributed by atoms with Crippen LogP contribution >= 0.6 is 0 Å². The molecule has 1 aliphatic rings. The van der Waals surface area contributed by atoms with Crippen molar-refractivity contribution < 1.29 is 17.9 Å². The van der Waals surface area contributed by atoms with E-state index in [1.165, 1.54) is 13.2 Å². The van der Waals surface area contributed by atoms with Crippen LogP contribution in [0.25, 0.3) is 11.0 Å². The van der Waals surface area contributed by atoms with Crippen molar-refractivity contribution >= 4 is 32.7 Å². The molecule has 2 heterocycles. The molecule has 10 nitrogen and oxygen atoms in total. The number of anilines is 1. The first-order valence-corrected chi connectivity index (χ1v) is 10.7. The molecule has 0 saturated carbocycles. The van der Waals surface area contributed by atoms with Crippen LogP contribution in [-0.2, 0) is 19.6 Å². The molecule has 2 atom stereocenters. The Bertz CT molecular complexity index is 1050. The second-order valence-electron chi connectivity index (χ2n) is 6.65. The fraction of sp³-hybridized carbons (Fsp3) is 0.444. The van der Waals surface area contributed by atoms with E-state index >= 15 is 0 Å². The number of sulfonamides is 1. The smallest absolute Gasteiger partial charge is 0.251 e. The molecule has 1 aliphatic heterocycles. The summed E-state index contributed by atoms with van der Waals surface area (Å²) in [6.45, 7) is 2.65. The van der Waals surface area contributed by atoms with E-state index in [0.29, 0.717) is 23.1 Å². The van der Waals surface area contributed by atoms with E-state index in [4.69, 9.17) is 4.74 Å². The normalized spacial score (nSPS) is 19.7. The van der Waals surface area contributed by atoms with Crippen LogP contribution in [0.3, 0.4) is 0 Å². The summed E-state index contributed by atoms with van der Waals surface area (Å²) < 4.78 is 30.9. The molecule has 1 aromatic heterocycles. The van der Waals surface area contributed by atoms with Gasteiger partial charge in [-0.05, 0) is 26.1 Å². The summed E-state index contributed by atoms with van der Waals surface area (Å²) in [6, 6.07) is 5.59. The highest BCUT2D eigenvalue weighted by Crippen LogP contribution is 2.28. The molecule has 0 spiro atoms. The van der Waals surface area contributed by atoms with Crippen LogP contribution in [0, 0.1) is 11.3 Å². The molecule has 11 heteroatoms. The number of ether oxygens (including phenoxy) is 1. The number of carbonyl (C=O) groups excluding carboxylic acids is 1. The predicted molar refractivity (Wildman–Crippen MR) is 107 cm³/mol. The standard InChI is InChI=1S/C18H22N6O4S/c1-12-10-24(11-15(28-12)18(25)23-7-8-29(26,27)20-2)14-4-3-13(9-19)16-17(14)22-6-5-21-16/h3-6,12,15,20H,7-8,10-11H2,1-2H3,(H,23,25)/t12-,15-/m1/s1. The van der Waals surface area contributed by atoms with Gasteiger partial charge in [-0.15, -0.1) is 0 Å². The van der Waals surface area contributed by atoms with Gasteiger partial charge >= 0.3 is 0 Å². The Hall–Kier alpha value is -2.81. The number of nitrogens with zero attached hydrogens (tertiary/aromatic N) is 4. The molecule has 0 bridgehead atoms. The minimum atomic E-state index is -3.40. The summed E-state index contributed by atoms with van der Waals surface area (Å²) in [5.41, 5.74) is 2.28. The summed E-state index contributed by atoms with van der Waals surface area (Å²) >= 11 is 0. The second kappa shape index (κ2) is 8.69. The van der Waals surface area contributed by atoms with Crippen LogP contribution in [0.1, 0.15) is 12.5 Å². The van der Waals surface area contributed by atoms with Crippen LogP contribution < -0.4 is 14.9 Å². The van der Waals surface area contributed by atoms with E-state index in [9.17, 15) is 18.5 Å². The number of aromatic nitrogens is 2. The Morgan fingerprint density at radius 2 is 2.03 bits per heavy atom. The molecule has 1 fully saturated rings. The zero-order valence-electron chi connectivity index (χ0n) is 16.1. The van der Waals surface area contributed by atoms with Crippen molar-refractivity contribution in [1.29, 1.82) is 5.26 Å². The molecule has 0 radical (unpaired) electrons. The zero-order valence-corrected chi connectivity index (χ0v) is 16.9. The maximum absolute atomic E-state index is 12.5. The first-order valence-electron chi connectivity index (χ1n) is 9.08. The minimum Gasteiger partial charge on any atom is -0.364 e. The molecule has 2 N–H and O–H groups in total. The number of morpholine rings is 1. The van der Waals surface area contributed by atoms with Crippen molar-refractivity contribution in [1.82, 2.24) is 20.0 Å². The fourth-order valence-corrected chi connectivity index (χ4v) is 3.78. The first kappa shape index (κ1) is 20.9.